The third-order valence-electron chi connectivity index (χ3n) is 11.2. The normalized spacial score (nSPS) is 21.3. The van der Waals surface area contributed by atoms with Crippen LogP contribution < -0.4 is 10.2 Å². The van der Waals surface area contributed by atoms with Gasteiger partial charge in [0.05, 0.1) is 16.4 Å². The predicted molar refractivity (Wildman–Crippen MR) is 184 cm³/mol. The highest BCUT2D eigenvalue weighted by Gasteiger charge is 2.54. The summed E-state index contributed by atoms with van der Waals surface area (Å²) >= 11 is 1.45. The van der Waals surface area contributed by atoms with E-state index >= 15 is 0 Å². The second kappa shape index (κ2) is 11.3. The minimum atomic E-state index is -1.07. The van der Waals surface area contributed by atoms with Gasteiger partial charge in [0.15, 0.2) is 10.8 Å². The van der Waals surface area contributed by atoms with E-state index in [0.717, 1.165) is 57.4 Å². The van der Waals surface area contributed by atoms with E-state index in [2.05, 4.69) is 39.8 Å². The quantitative estimate of drug-likeness (QED) is 0.189. The molecule has 1 aliphatic heterocycles. The van der Waals surface area contributed by atoms with Crippen LogP contribution in [0, 0.1) is 30.1 Å². The van der Waals surface area contributed by atoms with Gasteiger partial charge in [0.25, 0.3) is 5.91 Å². The lowest BCUT2D eigenvalue weighted by Crippen LogP contribution is -2.53. The average Bonchev–Trinajstić information content (AvgIpc) is 3.65. The summed E-state index contributed by atoms with van der Waals surface area (Å²) in [5.41, 5.74) is 6.23. The molecule has 5 aromatic rings. The van der Waals surface area contributed by atoms with Crippen LogP contribution in [0.25, 0.3) is 21.3 Å². The molecular weight excluding hydrogens is 609 g/mol. The summed E-state index contributed by atoms with van der Waals surface area (Å²) < 4.78 is 3.08. The number of carbonyl (C=O) groups is 2. The van der Waals surface area contributed by atoms with E-state index < -0.39 is 5.97 Å². The van der Waals surface area contributed by atoms with Gasteiger partial charge in [0, 0.05) is 42.0 Å². The molecule has 4 aliphatic rings. The third kappa shape index (κ3) is 5.10. The first kappa shape index (κ1) is 29.8. The Bertz CT molecular complexity index is 2010. The van der Waals surface area contributed by atoms with Gasteiger partial charge in [0.1, 0.15) is 5.82 Å². The predicted octanol–water partition coefficient (Wildman–Crippen LogP) is 7.45. The van der Waals surface area contributed by atoms with Crippen molar-refractivity contribution in [2.75, 3.05) is 16.8 Å². The van der Waals surface area contributed by atoms with E-state index in [1.165, 1.54) is 30.6 Å². The third-order valence-corrected chi connectivity index (χ3v) is 12.2. The molecule has 3 atom stereocenters. The number of hydrogen-bond donors (Lipinski definition) is 2. The monoisotopic (exact) mass is 646 g/mol. The molecule has 0 radical (unpaired) electrons. The SMILES string of the molecule is Cc1c(-c2ccc(N3CCc4cccc(C(=O)Nc5nc6ccccc6s5)c4C3)nc2C(=O)O)cnn1C[C@@H]1CC[C@@H]2C[C@H]1C2(C)C. The number of carbonyl (C=O) groups excluding carboxylic acids is 1. The molecule has 3 aromatic heterocycles. The lowest BCUT2D eigenvalue weighted by Gasteiger charge is -2.60. The molecule has 9 nitrogen and oxygen atoms in total. The Morgan fingerprint density at radius 1 is 1.04 bits per heavy atom. The highest BCUT2D eigenvalue weighted by atomic mass is 32.1. The zero-order valence-electron chi connectivity index (χ0n) is 26.9. The summed E-state index contributed by atoms with van der Waals surface area (Å²) in [7, 11) is 0. The number of nitrogens with zero attached hydrogens (tertiary/aromatic N) is 5. The van der Waals surface area contributed by atoms with Crippen LogP contribution in [-0.4, -0.2) is 43.3 Å². The minimum Gasteiger partial charge on any atom is -0.476 e. The van der Waals surface area contributed by atoms with Crippen LogP contribution in [0.3, 0.4) is 0 Å². The zero-order chi connectivity index (χ0) is 32.4. The number of nitrogens with one attached hydrogen (secondary N) is 1. The number of carboxylic acid groups (broad SMARTS) is 1. The topological polar surface area (TPSA) is 113 Å². The number of carboxylic acids is 1. The number of anilines is 2. The lowest BCUT2D eigenvalue weighted by atomic mass is 9.45. The smallest absolute Gasteiger partial charge is 0.355 e. The second-order valence-electron chi connectivity index (χ2n) is 14.0. The fourth-order valence-electron chi connectivity index (χ4n) is 8.38. The molecule has 0 saturated heterocycles. The first-order chi connectivity index (χ1) is 22.7. The number of hydrogen-bond acceptors (Lipinski definition) is 7. The van der Waals surface area contributed by atoms with Gasteiger partial charge in [-0.3, -0.25) is 14.8 Å². The van der Waals surface area contributed by atoms with Crippen LogP contribution in [0.2, 0.25) is 0 Å². The van der Waals surface area contributed by atoms with Gasteiger partial charge in [-0.2, -0.15) is 5.10 Å². The van der Waals surface area contributed by atoms with E-state index in [1.54, 1.807) is 6.20 Å². The summed E-state index contributed by atoms with van der Waals surface area (Å²) in [5, 5.41) is 18.6. The maximum atomic E-state index is 13.5. The fraction of sp³-hybridized carbons (Fsp3) is 0.378. The number of amides is 1. The molecule has 10 heteroatoms. The molecule has 3 fully saturated rings. The number of aromatic nitrogens is 4. The highest BCUT2D eigenvalue weighted by Crippen LogP contribution is 2.61. The molecular formula is C37H38N6O3S. The Hall–Kier alpha value is -4.57. The molecule has 0 unspecified atom stereocenters. The molecule has 0 spiro atoms. The van der Waals surface area contributed by atoms with Crippen molar-refractivity contribution in [2.24, 2.45) is 23.2 Å². The maximum Gasteiger partial charge on any atom is 0.355 e. The Morgan fingerprint density at radius 2 is 1.89 bits per heavy atom. The van der Waals surface area contributed by atoms with Crippen LogP contribution in [0.5, 0.6) is 0 Å². The number of thiazole rings is 1. The Balaban J connectivity index is 1.04. The van der Waals surface area contributed by atoms with Crippen molar-refractivity contribution in [1.29, 1.82) is 0 Å². The molecule has 2 bridgehead atoms. The summed E-state index contributed by atoms with van der Waals surface area (Å²) in [4.78, 5) is 37.4. The van der Waals surface area contributed by atoms with Gasteiger partial charge in [-0.05, 0) is 97.2 Å². The van der Waals surface area contributed by atoms with Crippen LogP contribution in [0.1, 0.15) is 70.8 Å². The van der Waals surface area contributed by atoms with E-state index in [9.17, 15) is 14.7 Å². The Labute approximate surface area is 277 Å². The summed E-state index contributed by atoms with van der Waals surface area (Å²) in [6.45, 7) is 8.82. The van der Waals surface area contributed by atoms with Crippen molar-refractivity contribution in [3.63, 3.8) is 0 Å². The summed E-state index contributed by atoms with van der Waals surface area (Å²) in [6.07, 6.45) is 6.34. The molecule has 1 amide bonds. The Morgan fingerprint density at radius 3 is 2.68 bits per heavy atom. The van der Waals surface area contributed by atoms with Crippen LogP contribution in [0.4, 0.5) is 10.9 Å². The van der Waals surface area contributed by atoms with Crippen molar-refractivity contribution in [1.82, 2.24) is 19.7 Å². The van der Waals surface area contributed by atoms with Crippen molar-refractivity contribution >= 4 is 44.4 Å². The second-order valence-corrected chi connectivity index (χ2v) is 15.0. The van der Waals surface area contributed by atoms with Gasteiger partial charge in [-0.25, -0.2) is 14.8 Å². The number of para-hydroxylation sites is 1. The summed E-state index contributed by atoms with van der Waals surface area (Å²) in [6, 6.07) is 17.4. The molecule has 3 saturated carbocycles. The van der Waals surface area contributed by atoms with Gasteiger partial charge < -0.3 is 10.0 Å². The number of rotatable bonds is 7. The number of aromatic carboxylic acids is 1. The minimum absolute atomic E-state index is 0.0124. The molecule has 47 heavy (non-hydrogen) atoms. The Kier molecular flexibility index (Phi) is 7.16. The standard InChI is InChI=1S/C37H38N6O3S/c1-21-27(18-38-43(21)19-23-11-12-24-17-29(23)37(24,2)3)25-13-14-32(40-33(25)35(45)46)42-16-15-22-7-6-8-26(28(22)20-42)34(44)41-36-39-30-9-4-5-10-31(30)47-36/h4-10,13-14,18,23-24,29H,11-12,15-17,19-20H2,1-3H3,(H,45,46)(H,39,41,44)/t23-,24+,29+/m0/s1. The molecule has 2 aromatic carbocycles. The maximum absolute atomic E-state index is 13.5. The van der Waals surface area contributed by atoms with Crippen LogP contribution in [0.15, 0.2) is 60.8 Å². The van der Waals surface area contributed by atoms with Crippen molar-refractivity contribution in [2.45, 2.75) is 59.5 Å². The van der Waals surface area contributed by atoms with E-state index in [0.29, 0.717) is 46.5 Å². The van der Waals surface area contributed by atoms with Crippen molar-refractivity contribution in [3.05, 3.63) is 88.9 Å². The lowest BCUT2D eigenvalue weighted by molar-refractivity contribution is -0.109. The van der Waals surface area contributed by atoms with Gasteiger partial charge in [-0.1, -0.05) is 49.4 Å². The van der Waals surface area contributed by atoms with Crippen LogP contribution in [-0.2, 0) is 19.5 Å². The van der Waals surface area contributed by atoms with Crippen LogP contribution >= 0.6 is 11.3 Å². The van der Waals surface area contributed by atoms with Gasteiger partial charge in [0.2, 0.25) is 0 Å². The number of pyridine rings is 1. The average molecular weight is 647 g/mol. The number of benzene rings is 2. The van der Waals surface area contributed by atoms with E-state index in [-0.39, 0.29) is 11.6 Å². The molecule has 2 N–H and O–H groups in total. The summed E-state index contributed by atoms with van der Waals surface area (Å²) in [5.74, 6) is 1.46. The van der Waals surface area contributed by atoms with E-state index in [4.69, 9.17) is 10.1 Å². The van der Waals surface area contributed by atoms with E-state index in [1.807, 2.05) is 55.5 Å². The fourth-order valence-corrected chi connectivity index (χ4v) is 9.24. The zero-order valence-corrected chi connectivity index (χ0v) is 27.7. The first-order valence-corrected chi connectivity index (χ1v) is 17.3. The van der Waals surface area contributed by atoms with Gasteiger partial charge >= 0.3 is 5.97 Å². The molecule has 240 valence electrons. The molecule has 9 rings (SSSR count). The van der Waals surface area contributed by atoms with Gasteiger partial charge in [-0.15, -0.1) is 0 Å². The highest BCUT2D eigenvalue weighted by molar-refractivity contribution is 7.22. The number of fused-ring (bicyclic) bond motifs is 4. The first-order valence-electron chi connectivity index (χ1n) is 16.5. The van der Waals surface area contributed by atoms with Crippen molar-refractivity contribution < 1.29 is 14.7 Å². The largest absolute Gasteiger partial charge is 0.476 e. The molecule has 4 heterocycles. The molecule has 3 aliphatic carbocycles. The van der Waals surface area contributed by atoms with Crippen molar-refractivity contribution in [3.8, 4) is 11.1 Å².